The third-order valence-corrected chi connectivity index (χ3v) is 7.78. The number of halogens is 1. The van der Waals surface area contributed by atoms with E-state index in [1.165, 1.54) is 19.1 Å². The maximum atomic E-state index is 14.0. The van der Waals surface area contributed by atoms with Crippen molar-refractivity contribution in [3.63, 3.8) is 0 Å². The highest BCUT2D eigenvalue weighted by atomic mass is 35.5. The van der Waals surface area contributed by atoms with Gasteiger partial charge in [-0.2, -0.15) is 0 Å². The summed E-state index contributed by atoms with van der Waals surface area (Å²) < 4.78 is 0. The number of rotatable bonds is 3. The number of nitro benzene ring substituents is 1. The molecular formula is C26H17ClN2O5. The molecule has 3 aliphatic carbocycles. The van der Waals surface area contributed by atoms with Crippen LogP contribution in [0.5, 0.6) is 0 Å². The van der Waals surface area contributed by atoms with Crippen molar-refractivity contribution in [1.29, 1.82) is 0 Å². The quantitative estimate of drug-likeness (QED) is 0.320. The molecule has 1 aliphatic heterocycles. The van der Waals surface area contributed by atoms with Gasteiger partial charge in [-0.25, -0.2) is 4.90 Å². The third-order valence-electron chi connectivity index (χ3n) is 7.55. The van der Waals surface area contributed by atoms with Crippen LogP contribution in [0.25, 0.3) is 0 Å². The SMILES string of the molecule is CC(=O)C12c3ccccc3C(c3ccccc31)C1C(=O)N(c3ccc(Cl)cc3[N+](=O)[O-])C(=O)C12. The van der Waals surface area contributed by atoms with Crippen molar-refractivity contribution in [2.45, 2.75) is 18.3 Å². The Morgan fingerprint density at radius 3 is 2.12 bits per heavy atom. The summed E-state index contributed by atoms with van der Waals surface area (Å²) in [5.74, 6) is -3.68. The van der Waals surface area contributed by atoms with Gasteiger partial charge in [-0.1, -0.05) is 60.1 Å². The van der Waals surface area contributed by atoms with Crippen LogP contribution in [0, 0.1) is 22.0 Å². The van der Waals surface area contributed by atoms with Gasteiger partial charge in [0.2, 0.25) is 11.8 Å². The Morgan fingerprint density at radius 2 is 1.56 bits per heavy atom. The minimum atomic E-state index is -1.35. The lowest BCUT2D eigenvalue weighted by atomic mass is 9.46. The molecule has 4 aliphatic rings. The number of hydrogen-bond acceptors (Lipinski definition) is 5. The van der Waals surface area contributed by atoms with Crippen LogP contribution in [-0.2, 0) is 19.8 Å². The number of amides is 2. The summed E-state index contributed by atoms with van der Waals surface area (Å²) in [6.07, 6.45) is 0. The van der Waals surface area contributed by atoms with E-state index in [0.717, 1.165) is 33.2 Å². The minimum absolute atomic E-state index is 0.118. The van der Waals surface area contributed by atoms with Gasteiger partial charge in [0.15, 0.2) is 0 Å². The van der Waals surface area contributed by atoms with E-state index in [-0.39, 0.29) is 16.5 Å². The van der Waals surface area contributed by atoms with Crippen molar-refractivity contribution in [2.75, 3.05) is 4.90 Å². The highest BCUT2D eigenvalue weighted by Crippen LogP contribution is 2.64. The fourth-order valence-corrected chi connectivity index (χ4v) is 6.61. The van der Waals surface area contributed by atoms with Crippen molar-refractivity contribution in [1.82, 2.24) is 0 Å². The Labute approximate surface area is 199 Å². The second-order valence-electron chi connectivity index (χ2n) is 8.92. The number of carbonyl (C=O) groups is 3. The summed E-state index contributed by atoms with van der Waals surface area (Å²) in [5, 5.41) is 11.9. The molecule has 2 amide bonds. The van der Waals surface area contributed by atoms with E-state index in [4.69, 9.17) is 11.6 Å². The normalized spacial score (nSPS) is 26.2. The molecule has 0 N–H and O–H groups in total. The number of hydrogen-bond donors (Lipinski definition) is 0. The van der Waals surface area contributed by atoms with Crippen LogP contribution in [0.3, 0.4) is 0 Å². The zero-order valence-electron chi connectivity index (χ0n) is 17.9. The number of carbonyl (C=O) groups excluding carboxylic acids is 3. The topological polar surface area (TPSA) is 97.6 Å². The van der Waals surface area contributed by atoms with Gasteiger partial charge in [-0.05, 0) is 41.3 Å². The molecule has 34 heavy (non-hydrogen) atoms. The van der Waals surface area contributed by atoms with Crippen LogP contribution < -0.4 is 4.90 Å². The predicted octanol–water partition coefficient (Wildman–Crippen LogP) is 4.39. The third kappa shape index (κ3) is 2.29. The zero-order chi connectivity index (χ0) is 23.9. The van der Waals surface area contributed by atoms with Crippen LogP contribution in [0.4, 0.5) is 11.4 Å². The van der Waals surface area contributed by atoms with Gasteiger partial charge < -0.3 is 0 Å². The van der Waals surface area contributed by atoms with Gasteiger partial charge >= 0.3 is 0 Å². The van der Waals surface area contributed by atoms with E-state index in [9.17, 15) is 24.5 Å². The molecule has 0 aromatic heterocycles. The average molecular weight is 473 g/mol. The van der Waals surface area contributed by atoms with Crippen molar-refractivity contribution in [3.8, 4) is 0 Å². The second-order valence-corrected chi connectivity index (χ2v) is 9.36. The molecule has 2 unspecified atom stereocenters. The molecule has 0 radical (unpaired) electrons. The molecule has 1 saturated heterocycles. The predicted molar refractivity (Wildman–Crippen MR) is 124 cm³/mol. The summed E-state index contributed by atoms with van der Waals surface area (Å²) in [6, 6.07) is 18.7. The maximum absolute atomic E-state index is 14.0. The van der Waals surface area contributed by atoms with Crippen molar-refractivity contribution >= 4 is 40.6 Å². The van der Waals surface area contributed by atoms with Crippen molar-refractivity contribution < 1.29 is 19.3 Å². The molecule has 0 saturated carbocycles. The summed E-state index contributed by atoms with van der Waals surface area (Å²) in [5.41, 5.74) is 1.20. The molecule has 0 spiro atoms. The molecule has 3 aromatic rings. The van der Waals surface area contributed by atoms with Gasteiger partial charge in [0.25, 0.3) is 5.69 Å². The first kappa shape index (κ1) is 20.7. The fourth-order valence-electron chi connectivity index (χ4n) is 6.44. The van der Waals surface area contributed by atoms with E-state index in [1.54, 1.807) is 0 Å². The van der Waals surface area contributed by atoms with Crippen LogP contribution in [0.1, 0.15) is 35.1 Å². The fraction of sp³-hybridized carbons (Fsp3) is 0.192. The van der Waals surface area contributed by atoms with E-state index >= 15 is 0 Å². The zero-order valence-corrected chi connectivity index (χ0v) is 18.7. The van der Waals surface area contributed by atoms with Crippen LogP contribution in [0.2, 0.25) is 5.02 Å². The maximum Gasteiger partial charge on any atom is 0.294 e. The van der Waals surface area contributed by atoms with Crippen molar-refractivity contribution in [3.05, 3.63) is 104 Å². The molecule has 1 heterocycles. The van der Waals surface area contributed by atoms with Crippen LogP contribution in [0.15, 0.2) is 66.7 Å². The van der Waals surface area contributed by atoms with E-state index in [1.807, 2.05) is 48.5 Å². The van der Waals surface area contributed by atoms with E-state index in [0.29, 0.717) is 0 Å². The largest absolute Gasteiger partial charge is 0.299 e. The molecule has 7 nitrogen and oxygen atoms in total. The molecule has 3 aromatic carbocycles. The number of nitrogens with zero attached hydrogens (tertiary/aromatic N) is 2. The lowest BCUT2D eigenvalue weighted by molar-refractivity contribution is -0.384. The monoisotopic (exact) mass is 472 g/mol. The lowest BCUT2D eigenvalue weighted by Crippen LogP contribution is -2.57. The first-order valence-electron chi connectivity index (χ1n) is 10.8. The first-order chi connectivity index (χ1) is 16.3. The number of anilines is 1. The molecule has 7 rings (SSSR count). The highest BCUT2D eigenvalue weighted by molar-refractivity contribution is 6.31. The van der Waals surface area contributed by atoms with Gasteiger partial charge in [-0.3, -0.25) is 24.5 Å². The number of imide groups is 1. The number of ketones is 1. The summed E-state index contributed by atoms with van der Waals surface area (Å²) >= 11 is 5.97. The summed E-state index contributed by atoms with van der Waals surface area (Å²) in [7, 11) is 0. The first-order valence-corrected chi connectivity index (χ1v) is 11.2. The molecule has 8 heteroatoms. The minimum Gasteiger partial charge on any atom is -0.299 e. The highest BCUT2D eigenvalue weighted by Gasteiger charge is 2.70. The van der Waals surface area contributed by atoms with Crippen molar-refractivity contribution in [2.24, 2.45) is 11.8 Å². The van der Waals surface area contributed by atoms with Gasteiger partial charge in [0, 0.05) is 17.0 Å². The molecular weight excluding hydrogens is 456 g/mol. The molecule has 1 fully saturated rings. The standard InChI is InChI=1S/C26H17ClN2O5/c1-13(30)26-17-8-4-2-6-15(17)21(16-7-3-5-9-18(16)26)22-23(26)25(32)28(24(22)31)19-11-10-14(27)12-20(19)29(33)34/h2-12,21-23H,1H3. The Hall–Kier alpha value is -3.84. The van der Waals surface area contributed by atoms with Gasteiger partial charge in [0.1, 0.15) is 11.5 Å². The number of benzene rings is 3. The smallest absolute Gasteiger partial charge is 0.294 e. The Morgan fingerprint density at radius 1 is 0.971 bits per heavy atom. The summed E-state index contributed by atoms with van der Waals surface area (Å²) in [6.45, 7) is 1.45. The van der Waals surface area contributed by atoms with E-state index < -0.39 is 45.6 Å². The molecule has 168 valence electrons. The van der Waals surface area contributed by atoms with Gasteiger partial charge in [-0.15, -0.1) is 0 Å². The Bertz CT molecular complexity index is 1420. The summed E-state index contributed by atoms with van der Waals surface area (Å²) in [4.78, 5) is 53.5. The Kier molecular flexibility index (Phi) is 4.17. The van der Waals surface area contributed by atoms with Crippen LogP contribution in [-0.4, -0.2) is 22.5 Å². The second kappa shape index (κ2) is 6.84. The Balaban J connectivity index is 1.66. The lowest BCUT2D eigenvalue weighted by Gasteiger charge is -2.52. The van der Waals surface area contributed by atoms with Crippen LogP contribution >= 0.6 is 11.6 Å². The van der Waals surface area contributed by atoms with E-state index in [2.05, 4.69) is 0 Å². The molecule has 2 bridgehead atoms. The number of nitro groups is 1. The number of Topliss-reactive ketones (excluding diaryl/α,β-unsaturated/α-hetero) is 1. The average Bonchev–Trinajstić information content (AvgIpc) is 3.09. The van der Waals surface area contributed by atoms with Gasteiger partial charge in [0.05, 0.1) is 22.2 Å². The molecule has 2 atom stereocenters.